The molecule has 2 aliphatic rings. The fourth-order valence-electron chi connectivity index (χ4n) is 3.47. The van der Waals surface area contributed by atoms with Crippen LogP contribution in [0.15, 0.2) is 30.3 Å². The van der Waals surface area contributed by atoms with Gasteiger partial charge in [0.15, 0.2) is 6.29 Å². The van der Waals surface area contributed by atoms with Crippen molar-refractivity contribution in [1.82, 2.24) is 5.32 Å². The molecule has 2 unspecified atom stereocenters. The van der Waals surface area contributed by atoms with E-state index in [4.69, 9.17) is 18.9 Å². The summed E-state index contributed by atoms with van der Waals surface area (Å²) in [5, 5.41) is 2.62. The Morgan fingerprint density at radius 2 is 1.86 bits per heavy atom. The minimum Gasteiger partial charge on any atom is -0.458 e. The number of hydrogen-bond acceptors (Lipinski definition) is 6. The second kappa shape index (κ2) is 8.49. The zero-order chi connectivity index (χ0) is 20.3. The van der Waals surface area contributed by atoms with E-state index in [1.165, 1.54) is 0 Å². The quantitative estimate of drug-likeness (QED) is 0.777. The zero-order valence-corrected chi connectivity index (χ0v) is 16.8. The van der Waals surface area contributed by atoms with Crippen molar-refractivity contribution in [2.75, 3.05) is 0 Å². The summed E-state index contributed by atoms with van der Waals surface area (Å²) in [5.41, 5.74) is 0.306. The van der Waals surface area contributed by atoms with Gasteiger partial charge in [0.25, 0.3) is 0 Å². The van der Waals surface area contributed by atoms with Crippen LogP contribution in [-0.4, -0.2) is 42.0 Å². The second-order valence-corrected chi connectivity index (χ2v) is 8.29. The lowest BCUT2D eigenvalue weighted by atomic mass is 10.0. The number of fused-ring (bicyclic) bond motifs is 1. The monoisotopic (exact) mass is 391 g/mol. The molecular weight excluding hydrogens is 362 g/mol. The standard InChI is InChI=1S/C21H29NO6/c1-13-17-16(26-19(27-17)14-9-6-5-7-10-14)12-8-11-15(18(23)25-13)22-20(24)28-21(2,3)4/h5-7,9-10,13,15-17,19H,8,11-12H2,1-4H3,(H,22,24)/t13-,15?,16-,17-,19?/m0/s1. The molecule has 0 radical (unpaired) electrons. The molecule has 3 rings (SSSR count). The van der Waals surface area contributed by atoms with Crippen LogP contribution in [0, 0.1) is 0 Å². The molecule has 1 aromatic carbocycles. The van der Waals surface area contributed by atoms with Gasteiger partial charge in [-0.05, 0) is 47.0 Å². The van der Waals surface area contributed by atoms with Gasteiger partial charge in [0.05, 0.1) is 6.10 Å². The highest BCUT2D eigenvalue weighted by atomic mass is 16.7. The van der Waals surface area contributed by atoms with Crippen molar-refractivity contribution < 1.29 is 28.5 Å². The van der Waals surface area contributed by atoms with Crippen LogP contribution in [0.1, 0.15) is 58.8 Å². The molecule has 154 valence electrons. The Morgan fingerprint density at radius 1 is 1.14 bits per heavy atom. The highest BCUT2D eigenvalue weighted by molar-refractivity contribution is 5.81. The first-order chi connectivity index (χ1) is 13.2. The Labute approximate surface area is 165 Å². The molecule has 2 aliphatic heterocycles. The summed E-state index contributed by atoms with van der Waals surface area (Å²) >= 11 is 0. The van der Waals surface area contributed by atoms with E-state index < -0.39 is 36.1 Å². The van der Waals surface area contributed by atoms with Crippen molar-refractivity contribution in [3.8, 4) is 0 Å². The zero-order valence-electron chi connectivity index (χ0n) is 16.8. The minimum atomic E-state index is -0.749. The van der Waals surface area contributed by atoms with Gasteiger partial charge < -0.3 is 24.3 Å². The second-order valence-electron chi connectivity index (χ2n) is 8.29. The third-order valence-electron chi connectivity index (χ3n) is 4.74. The molecule has 0 spiro atoms. The largest absolute Gasteiger partial charge is 0.458 e. The van der Waals surface area contributed by atoms with Crippen LogP contribution in [-0.2, 0) is 23.7 Å². The van der Waals surface area contributed by atoms with Gasteiger partial charge in [-0.15, -0.1) is 0 Å². The molecule has 1 amide bonds. The molecular formula is C21H29NO6. The van der Waals surface area contributed by atoms with Gasteiger partial charge in [-0.2, -0.15) is 0 Å². The molecule has 0 saturated carbocycles. The fraction of sp³-hybridized carbons (Fsp3) is 0.619. The third kappa shape index (κ3) is 5.23. The predicted molar refractivity (Wildman–Crippen MR) is 101 cm³/mol. The maximum Gasteiger partial charge on any atom is 0.408 e. The third-order valence-corrected chi connectivity index (χ3v) is 4.74. The SMILES string of the molecule is C[C@@H]1OC(=O)C(NC(=O)OC(C)(C)C)CCC[C@@H]2OC(c3ccccc3)O[C@@H]12. The van der Waals surface area contributed by atoms with Gasteiger partial charge in [0.1, 0.15) is 23.9 Å². The predicted octanol–water partition coefficient (Wildman–Crippen LogP) is 3.48. The molecule has 0 aromatic heterocycles. The van der Waals surface area contributed by atoms with Crippen molar-refractivity contribution in [2.45, 2.75) is 83.2 Å². The lowest BCUT2D eigenvalue weighted by Gasteiger charge is -2.24. The first-order valence-electron chi connectivity index (χ1n) is 9.79. The molecule has 2 saturated heterocycles. The van der Waals surface area contributed by atoms with Gasteiger partial charge in [0.2, 0.25) is 0 Å². The normalized spacial score (nSPS) is 31.0. The molecule has 1 aromatic rings. The van der Waals surface area contributed by atoms with E-state index in [2.05, 4.69) is 5.32 Å². The number of rotatable bonds is 2. The topological polar surface area (TPSA) is 83.1 Å². The number of cyclic esters (lactones) is 1. The van der Waals surface area contributed by atoms with Crippen molar-refractivity contribution in [2.24, 2.45) is 0 Å². The summed E-state index contributed by atoms with van der Waals surface area (Å²) in [6, 6.07) is 8.96. The summed E-state index contributed by atoms with van der Waals surface area (Å²) in [7, 11) is 0. The Morgan fingerprint density at radius 3 is 2.54 bits per heavy atom. The summed E-state index contributed by atoms with van der Waals surface area (Å²) in [6.45, 7) is 7.11. The minimum absolute atomic E-state index is 0.173. The summed E-state index contributed by atoms with van der Waals surface area (Å²) < 4.78 is 23.0. The van der Waals surface area contributed by atoms with Crippen LogP contribution >= 0.6 is 0 Å². The molecule has 7 nitrogen and oxygen atoms in total. The van der Waals surface area contributed by atoms with Crippen molar-refractivity contribution in [3.63, 3.8) is 0 Å². The molecule has 7 heteroatoms. The summed E-state index contributed by atoms with van der Waals surface area (Å²) in [4.78, 5) is 24.6. The summed E-state index contributed by atoms with van der Waals surface area (Å²) in [6.07, 6.45) is -0.260. The fourth-order valence-corrected chi connectivity index (χ4v) is 3.47. The number of carbonyl (C=O) groups excluding carboxylic acids is 2. The lowest BCUT2D eigenvalue weighted by Crippen LogP contribution is -2.45. The van der Waals surface area contributed by atoms with E-state index in [0.717, 1.165) is 5.56 Å². The van der Waals surface area contributed by atoms with Crippen LogP contribution in [0.5, 0.6) is 0 Å². The van der Waals surface area contributed by atoms with Crippen LogP contribution in [0.25, 0.3) is 0 Å². The van der Waals surface area contributed by atoms with Crippen LogP contribution in [0.4, 0.5) is 4.79 Å². The molecule has 5 atom stereocenters. The van der Waals surface area contributed by atoms with E-state index in [0.29, 0.717) is 19.3 Å². The molecule has 2 fully saturated rings. The van der Waals surface area contributed by atoms with Crippen LogP contribution < -0.4 is 5.32 Å². The van der Waals surface area contributed by atoms with Crippen molar-refractivity contribution in [3.05, 3.63) is 35.9 Å². The average molecular weight is 391 g/mol. The smallest absolute Gasteiger partial charge is 0.408 e. The highest BCUT2D eigenvalue weighted by Gasteiger charge is 2.43. The van der Waals surface area contributed by atoms with E-state index in [9.17, 15) is 9.59 Å². The van der Waals surface area contributed by atoms with Gasteiger partial charge in [-0.1, -0.05) is 30.3 Å². The van der Waals surface area contributed by atoms with E-state index in [1.807, 2.05) is 30.3 Å². The Balaban J connectivity index is 1.64. The van der Waals surface area contributed by atoms with Crippen molar-refractivity contribution in [1.29, 1.82) is 0 Å². The number of hydrogen-bond donors (Lipinski definition) is 1. The molecule has 28 heavy (non-hydrogen) atoms. The van der Waals surface area contributed by atoms with E-state index >= 15 is 0 Å². The molecule has 0 bridgehead atoms. The maximum atomic E-state index is 12.6. The number of nitrogens with one attached hydrogen (secondary N) is 1. The first-order valence-corrected chi connectivity index (χ1v) is 9.79. The Hall–Kier alpha value is -2.12. The number of esters is 1. The molecule has 0 aliphatic carbocycles. The Kier molecular flexibility index (Phi) is 6.25. The maximum absolute atomic E-state index is 12.6. The number of benzene rings is 1. The lowest BCUT2D eigenvalue weighted by molar-refractivity contribution is -0.159. The van der Waals surface area contributed by atoms with E-state index in [1.54, 1.807) is 27.7 Å². The average Bonchev–Trinajstić information content (AvgIpc) is 3.04. The van der Waals surface area contributed by atoms with E-state index in [-0.39, 0.29) is 12.2 Å². The van der Waals surface area contributed by atoms with Gasteiger partial charge >= 0.3 is 12.1 Å². The van der Waals surface area contributed by atoms with Crippen LogP contribution in [0.3, 0.4) is 0 Å². The van der Waals surface area contributed by atoms with Gasteiger partial charge in [-0.3, -0.25) is 0 Å². The number of alkyl carbamates (subject to hydrolysis) is 1. The Bertz CT molecular complexity index is 686. The van der Waals surface area contributed by atoms with Gasteiger partial charge in [-0.25, -0.2) is 9.59 Å². The van der Waals surface area contributed by atoms with Crippen LogP contribution in [0.2, 0.25) is 0 Å². The molecule has 1 N–H and O–H groups in total. The van der Waals surface area contributed by atoms with Gasteiger partial charge in [0, 0.05) is 5.56 Å². The first kappa shape index (κ1) is 20.6. The highest BCUT2D eigenvalue weighted by Crippen LogP contribution is 2.36. The molecule has 2 heterocycles. The number of carbonyl (C=O) groups is 2. The number of amides is 1. The summed E-state index contributed by atoms with van der Waals surface area (Å²) in [5.74, 6) is -0.481. The van der Waals surface area contributed by atoms with Crippen molar-refractivity contribution >= 4 is 12.1 Å². The number of ether oxygens (including phenoxy) is 4.